The zero-order valence-electron chi connectivity index (χ0n) is 7.64. The minimum atomic E-state index is -0.321. The van der Waals surface area contributed by atoms with Crippen LogP contribution in [-0.2, 0) is 0 Å². The van der Waals surface area contributed by atoms with Gasteiger partial charge >= 0.3 is 0 Å². The van der Waals surface area contributed by atoms with Gasteiger partial charge in [-0.3, -0.25) is 4.79 Å². The molecule has 0 aliphatic heterocycles. The second-order valence-electron chi connectivity index (χ2n) is 3.01. The highest BCUT2D eigenvalue weighted by atomic mass is 16.3. The molecule has 1 heterocycles. The number of phenolic OH excluding ortho intramolecular Hbond substituents is 2. The number of phenols is 2. The second kappa shape index (κ2) is 3.45. The van der Waals surface area contributed by atoms with Crippen LogP contribution in [0.4, 0.5) is 0 Å². The predicted octanol–water partition coefficient (Wildman–Crippen LogP) is 0.848. The Bertz CT molecular complexity index is 528. The predicted molar refractivity (Wildman–Crippen MR) is 53.6 cm³/mol. The monoisotopic (exact) mass is 204 g/mol. The first-order chi connectivity index (χ1) is 7.16. The van der Waals surface area contributed by atoms with Gasteiger partial charge in [0.2, 0.25) is 0 Å². The van der Waals surface area contributed by atoms with Gasteiger partial charge in [-0.15, -0.1) is 0 Å². The molecule has 5 heteroatoms. The van der Waals surface area contributed by atoms with Crippen LogP contribution in [0.5, 0.6) is 11.5 Å². The maximum absolute atomic E-state index is 10.8. The van der Waals surface area contributed by atoms with Crippen LogP contribution in [0.25, 0.3) is 11.3 Å². The van der Waals surface area contributed by atoms with Crippen molar-refractivity contribution in [2.75, 3.05) is 0 Å². The first kappa shape index (κ1) is 9.26. The average molecular weight is 204 g/mol. The van der Waals surface area contributed by atoms with Crippen molar-refractivity contribution in [1.82, 2.24) is 10.2 Å². The minimum Gasteiger partial charge on any atom is -0.508 e. The minimum absolute atomic E-state index is 0.00708. The van der Waals surface area contributed by atoms with Gasteiger partial charge in [-0.1, -0.05) is 0 Å². The third-order valence-electron chi connectivity index (χ3n) is 1.94. The van der Waals surface area contributed by atoms with Gasteiger partial charge in [0.1, 0.15) is 11.5 Å². The summed E-state index contributed by atoms with van der Waals surface area (Å²) < 4.78 is 0. The molecule has 0 atom stereocenters. The van der Waals surface area contributed by atoms with E-state index in [1.807, 2.05) is 0 Å². The van der Waals surface area contributed by atoms with Gasteiger partial charge in [0.15, 0.2) is 0 Å². The van der Waals surface area contributed by atoms with Crippen molar-refractivity contribution in [3.05, 3.63) is 40.7 Å². The van der Waals surface area contributed by atoms with E-state index in [9.17, 15) is 15.0 Å². The average Bonchev–Trinajstić information content (AvgIpc) is 2.23. The largest absolute Gasteiger partial charge is 0.508 e. The van der Waals surface area contributed by atoms with E-state index in [1.54, 1.807) is 0 Å². The number of aromatic nitrogens is 2. The van der Waals surface area contributed by atoms with E-state index in [1.165, 1.54) is 30.3 Å². The molecule has 0 amide bonds. The zero-order chi connectivity index (χ0) is 10.8. The van der Waals surface area contributed by atoms with E-state index in [0.717, 1.165) is 0 Å². The molecular weight excluding hydrogens is 196 g/mol. The zero-order valence-corrected chi connectivity index (χ0v) is 7.64. The lowest BCUT2D eigenvalue weighted by molar-refractivity contribution is 0.461. The molecule has 0 saturated carbocycles. The van der Waals surface area contributed by atoms with E-state index in [2.05, 4.69) is 10.2 Å². The van der Waals surface area contributed by atoms with Crippen LogP contribution in [0, 0.1) is 0 Å². The molecule has 15 heavy (non-hydrogen) atoms. The molecular formula is C10H8N2O3. The van der Waals surface area contributed by atoms with Gasteiger partial charge in [0.05, 0.1) is 5.69 Å². The Kier molecular flexibility index (Phi) is 2.13. The van der Waals surface area contributed by atoms with Crippen LogP contribution in [0.3, 0.4) is 0 Å². The molecule has 0 spiro atoms. The molecule has 0 radical (unpaired) electrons. The van der Waals surface area contributed by atoms with Crippen LogP contribution >= 0.6 is 0 Å². The lowest BCUT2D eigenvalue weighted by Crippen LogP contribution is -2.05. The van der Waals surface area contributed by atoms with Gasteiger partial charge in [0, 0.05) is 11.6 Å². The van der Waals surface area contributed by atoms with Crippen molar-refractivity contribution < 1.29 is 10.2 Å². The van der Waals surface area contributed by atoms with Crippen molar-refractivity contribution in [3.8, 4) is 22.8 Å². The summed E-state index contributed by atoms with van der Waals surface area (Å²) in [4.78, 5) is 10.8. The van der Waals surface area contributed by atoms with Crippen LogP contribution in [-0.4, -0.2) is 20.4 Å². The molecule has 2 rings (SSSR count). The fourth-order valence-electron chi connectivity index (χ4n) is 1.22. The molecule has 5 nitrogen and oxygen atoms in total. The Morgan fingerprint density at radius 2 is 1.93 bits per heavy atom. The molecule has 0 fully saturated rings. The highest BCUT2D eigenvalue weighted by Gasteiger charge is 2.06. The van der Waals surface area contributed by atoms with Crippen LogP contribution in [0.2, 0.25) is 0 Å². The van der Waals surface area contributed by atoms with Crippen molar-refractivity contribution in [2.45, 2.75) is 0 Å². The Balaban J connectivity index is 2.58. The number of aromatic amines is 1. The number of nitrogens with zero attached hydrogens (tertiary/aromatic N) is 1. The third kappa shape index (κ3) is 1.80. The van der Waals surface area contributed by atoms with E-state index >= 15 is 0 Å². The Labute approximate surface area is 84.6 Å². The molecule has 1 aromatic heterocycles. The van der Waals surface area contributed by atoms with Crippen molar-refractivity contribution in [2.24, 2.45) is 0 Å². The highest BCUT2D eigenvalue weighted by molar-refractivity contribution is 5.67. The van der Waals surface area contributed by atoms with E-state index in [4.69, 9.17) is 0 Å². The molecule has 76 valence electrons. The summed E-state index contributed by atoms with van der Waals surface area (Å²) in [5.74, 6) is 0.0168. The summed E-state index contributed by atoms with van der Waals surface area (Å²) >= 11 is 0. The summed E-state index contributed by atoms with van der Waals surface area (Å²) in [7, 11) is 0. The number of hydrogen-bond donors (Lipinski definition) is 3. The van der Waals surface area contributed by atoms with Crippen molar-refractivity contribution in [1.29, 1.82) is 0 Å². The van der Waals surface area contributed by atoms with E-state index < -0.39 is 0 Å². The maximum Gasteiger partial charge on any atom is 0.264 e. The fraction of sp³-hybridized carbons (Fsp3) is 0. The molecule has 0 aliphatic carbocycles. The summed E-state index contributed by atoms with van der Waals surface area (Å²) in [6.45, 7) is 0. The number of nitrogens with one attached hydrogen (secondary N) is 1. The summed E-state index contributed by atoms with van der Waals surface area (Å²) in [6, 6.07) is 6.86. The van der Waals surface area contributed by atoms with E-state index in [-0.39, 0.29) is 17.1 Å². The normalized spacial score (nSPS) is 10.1. The van der Waals surface area contributed by atoms with Crippen molar-refractivity contribution >= 4 is 0 Å². The first-order valence-corrected chi connectivity index (χ1v) is 4.25. The molecule has 0 bridgehead atoms. The number of benzene rings is 1. The Morgan fingerprint density at radius 3 is 2.60 bits per heavy atom. The molecule has 2 aromatic rings. The summed E-state index contributed by atoms with van der Waals surface area (Å²) in [6.07, 6.45) is 0. The van der Waals surface area contributed by atoms with Gasteiger partial charge in [0.25, 0.3) is 5.56 Å². The number of H-pyrrole nitrogens is 1. The second-order valence-corrected chi connectivity index (χ2v) is 3.01. The summed E-state index contributed by atoms with van der Waals surface area (Å²) in [5, 5.41) is 24.7. The number of rotatable bonds is 1. The molecule has 0 unspecified atom stereocenters. The van der Waals surface area contributed by atoms with E-state index in [0.29, 0.717) is 11.3 Å². The Morgan fingerprint density at radius 1 is 1.13 bits per heavy atom. The quantitative estimate of drug-likeness (QED) is 0.601. The Hall–Kier alpha value is -2.30. The van der Waals surface area contributed by atoms with Gasteiger partial charge in [-0.2, -0.15) is 5.10 Å². The third-order valence-corrected chi connectivity index (χ3v) is 1.94. The highest BCUT2D eigenvalue weighted by Crippen LogP contribution is 2.29. The van der Waals surface area contributed by atoms with Gasteiger partial charge in [-0.25, -0.2) is 5.10 Å². The maximum atomic E-state index is 10.8. The SMILES string of the molecule is O=c1ccc(-c2cc(O)ccc2O)n[nH]1. The lowest BCUT2D eigenvalue weighted by Gasteiger charge is -2.03. The van der Waals surface area contributed by atoms with Gasteiger partial charge < -0.3 is 10.2 Å². The van der Waals surface area contributed by atoms with Crippen LogP contribution < -0.4 is 5.56 Å². The van der Waals surface area contributed by atoms with Gasteiger partial charge in [-0.05, 0) is 24.3 Å². The molecule has 1 aromatic carbocycles. The summed E-state index contributed by atoms with van der Waals surface area (Å²) in [5.41, 5.74) is 0.438. The standard InChI is InChI=1S/C10H8N2O3/c13-6-1-3-9(14)7(5-6)8-2-4-10(15)12-11-8/h1-5,13-14H,(H,12,15). The number of aromatic hydroxyl groups is 2. The van der Waals surface area contributed by atoms with Crippen LogP contribution in [0.15, 0.2) is 35.1 Å². The smallest absolute Gasteiger partial charge is 0.264 e. The van der Waals surface area contributed by atoms with Crippen LogP contribution in [0.1, 0.15) is 0 Å². The lowest BCUT2D eigenvalue weighted by atomic mass is 10.1. The molecule has 3 N–H and O–H groups in total. The molecule has 0 saturated heterocycles. The fourth-order valence-corrected chi connectivity index (χ4v) is 1.22. The number of hydrogen-bond acceptors (Lipinski definition) is 4. The topological polar surface area (TPSA) is 86.2 Å². The first-order valence-electron chi connectivity index (χ1n) is 4.25. The van der Waals surface area contributed by atoms with Crippen molar-refractivity contribution in [3.63, 3.8) is 0 Å². The molecule has 0 aliphatic rings.